The number of methoxy groups -OCH3 is 2. The zero-order valence-electron chi connectivity index (χ0n) is 17.7. The average Bonchev–Trinajstić information content (AvgIpc) is 2.76. The van der Waals surface area contributed by atoms with Gasteiger partial charge in [-0.1, -0.05) is 12.1 Å². The molecule has 1 N–H and O–H groups in total. The molecule has 3 rings (SSSR count). The maximum Gasteiger partial charge on any atom is 0.416 e. The van der Waals surface area contributed by atoms with Gasteiger partial charge in [0.1, 0.15) is 0 Å². The first-order valence-corrected chi connectivity index (χ1v) is 10.2. The molecule has 5 nitrogen and oxygen atoms in total. The molecule has 0 bridgehead atoms. The molecule has 1 amide bonds. The van der Waals surface area contributed by atoms with Gasteiger partial charge in [0.2, 0.25) is 5.91 Å². The SMILES string of the molecule is COc1cc2c(cc1OC)CN(CCNC(=O)CCc1ccc(C(F)(F)F)cc1)CC2. The molecule has 0 spiro atoms. The Bertz CT molecular complexity index is 898. The molecule has 1 heterocycles. The highest BCUT2D eigenvalue weighted by atomic mass is 19.4. The summed E-state index contributed by atoms with van der Waals surface area (Å²) < 4.78 is 48.5. The van der Waals surface area contributed by atoms with E-state index in [2.05, 4.69) is 10.2 Å². The number of hydrogen-bond acceptors (Lipinski definition) is 4. The molecule has 0 aliphatic carbocycles. The van der Waals surface area contributed by atoms with Gasteiger partial charge in [0.05, 0.1) is 19.8 Å². The number of fused-ring (bicyclic) bond motifs is 1. The second-order valence-corrected chi connectivity index (χ2v) is 7.55. The fraction of sp³-hybridized carbons (Fsp3) is 0.435. The van der Waals surface area contributed by atoms with Crippen LogP contribution >= 0.6 is 0 Å². The number of benzene rings is 2. The lowest BCUT2D eigenvalue weighted by molar-refractivity contribution is -0.137. The number of hydrogen-bond donors (Lipinski definition) is 1. The molecule has 0 unspecified atom stereocenters. The molecule has 0 saturated carbocycles. The fourth-order valence-corrected chi connectivity index (χ4v) is 3.69. The Balaban J connectivity index is 1.42. The number of halogens is 3. The molecule has 2 aromatic carbocycles. The maximum absolute atomic E-state index is 12.6. The minimum atomic E-state index is -4.35. The number of amides is 1. The van der Waals surface area contributed by atoms with Gasteiger partial charge in [-0.15, -0.1) is 0 Å². The molecule has 0 atom stereocenters. The van der Waals surface area contributed by atoms with Crippen LogP contribution in [0.3, 0.4) is 0 Å². The Hall–Kier alpha value is -2.74. The second-order valence-electron chi connectivity index (χ2n) is 7.55. The number of carbonyl (C=O) groups is 1. The van der Waals surface area contributed by atoms with E-state index >= 15 is 0 Å². The van der Waals surface area contributed by atoms with Gasteiger partial charge < -0.3 is 14.8 Å². The Morgan fingerprint density at radius 2 is 1.71 bits per heavy atom. The molecule has 168 valence electrons. The van der Waals surface area contributed by atoms with Crippen molar-refractivity contribution >= 4 is 5.91 Å². The Labute approximate surface area is 180 Å². The number of rotatable bonds is 8. The van der Waals surface area contributed by atoms with E-state index in [1.807, 2.05) is 12.1 Å². The Kier molecular flexibility index (Phi) is 7.43. The van der Waals surface area contributed by atoms with E-state index in [9.17, 15) is 18.0 Å². The van der Waals surface area contributed by atoms with Crippen LogP contribution in [-0.4, -0.2) is 44.7 Å². The molecule has 1 aliphatic rings. The third kappa shape index (κ3) is 6.13. The van der Waals surface area contributed by atoms with Crippen molar-refractivity contribution in [1.29, 1.82) is 0 Å². The van der Waals surface area contributed by atoms with E-state index in [1.165, 1.54) is 23.3 Å². The highest BCUT2D eigenvalue weighted by Gasteiger charge is 2.29. The second kappa shape index (κ2) is 10.0. The van der Waals surface area contributed by atoms with E-state index < -0.39 is 11.7 Å². The molecule has 2 aromatic rings. The standard InChI is InChI=1S/C23H27F3N2O3/c1-30-20-13-17-9-11-28(15-18(17)14-21(20)31-2)12-10-27-22(29)8-5-16-3-6-19(7-4-16)23(24,25)26/h3-4,6-7,13-14H,5,8-12,15H2,1-2H3,(H,27,29). The zero-order valence-corrected chi connectivity index (χ0v) is 17.7. The Morgan fingerprint density at radius 3 is 2.32 bits per heavy atom. The summed E-state index contributed by atoms with van der Waals surface area (Å²) in [6, 6.07) is 8.96. The summed E-state index contributed by atoms with van der Waals surface area (Å²) in [4.78, 5) is 14.4. The summed E-state index contributed by atoms with van der Waals surface area (Å²) in [5, 5.41) is 2.90. The van der Waals surface area contributed by atoms with Crippen molar-refractivity contribution in [2.75, 3.05) is 33.9 Å². The lowest BCUT2D eigenvalue weighted by Crippen LogP contribution is -2.37. The summed E-state index contributed by atoms with van der Waals surface area (Å²) >= 11 is 0. The molecule has 8 heteroatoms. The smallest absolute Gasteiger partial charge is 0.416 e. The first-order chi connectivity index (χ1) is 14.8. The van der Waals surface area contributed by atoms with Crippen molar-refractivity contribution in [3.8, 4) is 11.5 Å². The molecular weight excluding hydrogens is 409 g/mol. The molecule has 0 fully saturated rings. The van der Waals surface area contributed by atoms with Gasteiger partial charge in [-0.2, -0.15) is 13.2 Å². The van der Waals surface area contributed by atoms with E-state index in [0.717, 1.165) is 43.9 Å². The summed E-state index contributed by atoms with van der Waals surface area (Å²) in [6.45, 7) is 2.91. The first-order valence-electron chi connectivity index (χ1n) is 10.2. The van der Waals surface area contributed by atoms with E-state index in [0.29, 0.717) is 24.3 Å². The minimum absolute atomic E-state index is 0.108. The van der Waals surface area contributed by atoms with Crippen molar-refractivity contribution in [3.05, 3.63) is 58.7 Å². The van der Waals surface area contributed by atoms with Gasteiger partial charge in [-0.05, 0) is 53.8 Å². The van der Waals surface area contributed by atoms with Crippen molar-refractivity contribution in [2.45, 2.75) is 32.0 Å². The molecule has 31 heavy (non-hydrogen) atoms. The fourth-order valence-electron chi connectivity index (χ4n) is 3.69. The summed E-state index contributed by atoms with van der Waals surface area (Å²) in [5.41, 5.74) is 2.46. The van der Waals surface area contributed by atoms with Crippen LogP contribution in [0.2, 0.25) is 0 Å². The molecule has 0 radical (unpaired) electrons. The van der Waals surface area contributed by atoms with Crippen LogP contribution in [0.15, 0.2) is 36.4 Å². The van der Waals surface area contributed by atoms with Crippen LogP contribution in [0.5, 0.6) is 11.5 Å². The van der Waals surface area contributed by atoms with Crippen molar-refractivity contribution in [3.63, 3.8) is 0 Å². The number of nitrogens with one attached hydrogen (secondary N) is 1. The van der Waals surface area contributed by atoms with Gasteiger partial charge >= 0.3 is 6.18 Å². The number of ether oxygens (including phenoxy) is 2. The van der Waals surface area contributed by atoms with Gasteiger partial charge in [-0.3, -0.25) is 9.69 Å². The van der Waals surface area contributed by atoms with Crippen LogP contribution < -0.4 is 14.8 Å². The third-order valence-electron chi connectivity index (χ3n) is 5.47. The number of alkyl halides is 3. The number of aryl methyl sites for hydroxylation is 1. The minimum Gasteiger partial charge on any atom is -0.493 e. The molecule has 0 aromatic heterocycles. The highest BCUT2D eigenvalue weighted by Crippen LogP contribution is 2.33. The van der Waals surface area contributed by atoms with E-state index in [-0.39, 0.29) is 12.3 Å². The topological polar surface area (TPSA) is 50.8 Å². The van der Waals surface area contributed by atoms with E-state index in [4.69, 9.17) is 9.47 Å². The predicted octanol–water partition coefficient (Wildman–Crippen LogP) is 3.83. The summed E-state index contributed by atoms with van der Waals surface area (Å²) in [7, 11) is 3.24. The van der Waals surface area contributed by atoms with Gasteiger partial charge in [-0.25, -0.2) is 0 Å². The molecular formula is C23H27F3N2O3. The van der Waals surface area contributed by atoms with Gasteiger partial charge in [0.25, 0.3) is 0 Å². The normalized spacial score (nSPS) is 14.1. The van der Waals surface area contributed by atoms with Crippen LogP contribution in [0.1, 0.15) is 28.7 Å². The van der Waals surface area contributed by atoms with Gasteiger partial charge in [0, 0.05) is 32.6 Å². The van der Waals surface area contributed by atoms with Gasteiger partial charge in [0.15, 0.2) is 11.5 Å². The first kappa shape index (κ1) is 22.9. The highest BCUT2D eigenvalue weighted by molar-refractivity contribution is 5.76. The van der Waals surface area contributed by atoms with Crippen molar-refractivity contribution in [2.24, 2.45) is 0 Å². The lowest BCUT2D eigenvalue weighted by Gasteiger charge is -2.29. The van der Waals surface area contributed by atoms with Crippen LogP contribution in [0.4, 0.5) is 13.2 Å². The quantitative estimate of drug-likeness (QED) is 0.684. The van der Waals surface area contributed by atoms with Crippen LogP contribution in [0.25, 0.3) is 0 Å². The number of nitrogens with zero attached hydrogens (tertiary/aromatic N) is 1. The molecule has 0 saturated heterocycles. The van der Waals surface area contributed by atoms with E-state index in [1.54, 1.807) is 14.2 Å². The van der Waals surface area contributed by atoms with Crippen LogP contribution in [-0.2, 0) is 30.4 Å². The zero-order chi connectivity index (χ0) is 22.4. The summed E-state index contributed by atoms with van der Waals surface area (Å²) in [6.07, 6.45) is -2.80. The summed E-state index contributed by atoms with van der Waals surface area (Å²) in [5.74, 6) is 1.33. The number of carbonyl (C=O) groups excluding carboxylic acids is 1. The van der Waals surface area contributed by atoms with Crippen LogP contribution in [0, 0.1) is 0 Å². The van der Waals surface area contributed by atoms with Crippen molar-refractivity contribution in [1.82, 2.24) is 10.2 Å². The predicted molar refractivity (Wildman–Crippen MR) is 111 cm³/mol. The third-order valence-corrected chi connectivity index (χ3v) is 5.47. The lowest BCUT2D eigenvalue weighted by atomic mass is 9.99. The Morgan fingerprint density at radius 1 is 1.06 bits per heavy atom. The van der Waals surface area contributed by atoms with Crippen molar-refractivity contribution < 1.29 is 27.4 Å². The monoisotopic (exact) mass is 436 g/mol. The average molecular weight is 436 g/mol. The largest absolute Gasteiger partial charge is 0.493 e. The molecule has 1 aliphatic heterocycles. The maximum atomic E-state index is 12.6.